The summed E-state index contributed by atoms with van der Waals surface area (Å²) in [5.41, 5.74) is 1.01. The number of aromatic nitrogens is 2. The molecule has 0 bridgehead atoms. The van der Waals surface area contributed by atoms with Gasteiger partial charge in [0.1, 0.15) is 0 Å². The van der Waals surface area contributed by atoms with Crippen LogP contribution in [0.25, 0.3) is 0 Å². The standard InChI is InChI=1S/C14H12Cl3N3O/c15-10-3-12(17)13(4-11(10)16)21-14-19-6-8(7-20-14)5-18-9-1-2-9/h3-4,6-7,9,18H,1-2,5H2. The monoisotopic (exact) mass is 343 g/mol. The lowest BCUT2D eigenvalue weighted by Gasteiger charge is -2.08. The lowest BCUT2D eigenvalue weighted by atomic mass is 10.3. The van der Waals surface area contributed by atoms with E-state index in [1.807, 2.05) is 0 Å². The predicted octanol–water partition coefficient (Wildman–Crippen LogP) is 4.48. The van der Waals surface area contributed by atoms with Crippen LogP contribution >= 0.6 is 34.8 Å². The van der Waals surface area contributed by atoms with Crippen LogP contribution in [0.5, 0.6) is 11.8 Å². The average molecular weight is 345 g/mol. The van der Waals surface area contributed by atoms with Crippen LogP contribution in [0.3, 0.4) is 0 Å². The lowest BCUT2D eigenvalue weighted by molar-refractivity contribution is 0.441. The van der Waals surface area contributed by atoms with Gasteiger partial charge in [0.2, 0.25) is 0 Å². The summed E-state index contributed by atoms with van der Waals surface area (Å²) in [5.74, 6) is 0.370. The second-order valence-corrected chi connectivity index (χ2v) is 6.05. The Morgan fingerprint density at radius 2 is 1.71 bits per heavy atom. The molecule has 1 aliphatic rings. The first kappa shape index (κ1) is 14.9. The fourth-order valence-electron chi connectivity index (χ4n) is 1.72. The van der Waals surface area contributed by atoms with Crippen molar-refractivity contribution in [3.8, 4) is 11.8 Å². The summed E-state index contributed by atoms with van der Waals surface area (Å²) in [6, 6.07) is 3.92. The van der Waals surface area contributed by atoms with Crippen molar-refractivity contribution in [3.63, 3.8) is 0 Å². The lowest BCUT2D eigenvalue weighted by Crippen LogP contribution is -2.15. The second-order valence-electron chi connectivity index (χ2n) is 4.83. The molecule has 3 rings (SSSR count). The zero-order valence-electron chi connectivity index (χ0n) is 10.9. The van der Waals surface area contributed by atoms with E-state index < -0.39 is 0 Å². The Morgan fingerprint density at radius 3 is 2.38 bits per heavy atom. The van der Waals surface area contributed by atoms with Crippen LogP contribution in [0.2, 0.25) is 15.1 Å². The van der Waals surface area contributed by atoms with Crippen LogP contribution < -0.4 is 10.1 Å². The molecule has 1 fully saturated rings. The number of hydrogen-bond donors (Lipinski definition) is 1. The van der Waals surface area contributed by atoms with Crippen LogP contribution in [0.1, 0.15) is 18.4 Å². The molecular weight excluding hydrogens is 333 g/mol. The average Bonchev–Trinajstić information content (AvgIpc) is 3.28. The molecule has 0 radical (unpaired) electrons. The minimum Gasteiger partial charge on any atom is -0.423 e. The number of rotatable bonds is 5. The van der Waals surface area contributed by atoms with E-state index in [0.29, 0.717) is 26.9 Å². The van der Waals surface area contributed by atoms with Gasteiger partial charge in [-0.1, -0.05) is 34.8 Å². The van der Waals surface area contributed by atoms with Gasteiger partial charge in [0.05, 0.1) is 15.1 Å². The molecule has 1 aromatic heterocycles. The van der Waals surface area contributed by atoms with E-state index in [2.05, 4.69) is 15.3 Å². The van der Waals surface area contributed by atoms with Gasteiger partial charge < -0.3 is 10.1 Å². The van der Waals surface area contributed by atoms with Crippen molar-refractivity contribution in [2.75, 3.05) is 0 Å². The van der Waals surface area contributed by atoms with Gasteiger partial charge in [-0.3, -0.25) is 0 Å². The first-order valence-electron chi connectivity index (χ1n) is 6.48. The topological polar surface area (TPSA) is 47.0 Å². The van der Waals surface area contributed by atoms with Crippen LogP contribution in [0, 0.1) is 0 Å². The predicted molar refractivity (Wildman–Crippen MR) is 83.4 cm³/mol. The minimum absolute atomic E-state index is 0.213. The van der Waals surface area contributed by atoms with Gasteiger partial charge in [0.15, 0.2) is 5.75 Å². The van der Waals surface area contributed by atoms with E-state index in [0.717, 1.165) is 12.1 Å². The van der Waals surface area contributed by atoms with E-state index in [4.69, 9.17) is 39.5 Å². The normalized spacial score (nSPS) is 14.2. The quantitative estimate of drug-likeness (QED) is 0.812. The molecule has 0 atom stereocenters. The summed E-state index contributed by atoms with van der Waals surface area (Å²) in [6.45, 7) is 0.762. The van der Waals surface area contributed by atoms with Gasteiger partial charge >= 0.3 is 6.01 Å². The molecule has 1 aromatic carbocycles. The highest BCUT2D eigenvalue weighted by molar-refractivity contribution is 6.43. The maximum atomic E-state index is 6.04. The Bertz CT molecular complexity index is 645. The van der Waals surface area contributed by atoms with Crippen LogP contribution in [0.4, 0.5) is 0 Å². The van der Waals surface area contributed by atoms with Crippen LogP contribution in [-0.4, -0.2) is 16.0 Å². The van der Waals surface area contributed by atoms with E-state index >= 15 is 0 Å². The fraction of sp³-hybridized carbons (Fsp3) is 0.286. The molecule has 4 nitrogen and oxygen atoms in total. The highest BCUT2D eigenvalue weighted by Crippen LogP contribution is 2.35. The number of benzene rings is 1. The Kier molecular flexibility index (Phi) is 4.50. The molecule has 1 N–H and O–H groups in total. The van der Waals surface area contributed by atoms with Crippen LogP contribution in [0.15, 0.2) is 24.5 Å². The van der Waals surface area contributed by atoms with Crippen molar-refractivity contribution in [1.29, 1.82) is 0 Å². The molecular formula is C14H12Cl3N3O. The Balaban J connectivity index is 1.68. The van der Waals surface area contributed by atoms with E-state index in [1.165, 1.54) is 25.0 Å². The Labute approximate surface area is 137 Å². The number of nitrogens with zero attached hydrogens (tertiary/aromatic N) is 2. The molecule has 0 unspecified atom stereocenters. The van der Waals surface area contributed by atoms with E-state index in [-0.39, 0.29) is 6.01 Å². The third-order valence-corrected chi connectivity index (χ3v) is 4.05. The van der Waals surface area contributed by atoms with Crippen molar-refractivity contribution >= 4 is 34.8 Å². The minimum atomic E-state index is 0.213. The fourth-order valence-corrected chi connectivity index (χ4v) is 2.29. The molecule has 110 valence electrons. The van der Waals surface area contributed by atoms with Gasteiger partial charge in [-0.25, -0.2) is 9.97 Å². The van der Waals surface area contributed by atoms with Crippen LogP contribution in [-0.2, 0) is 6.54 Å². The Hall–Kier alpha value is -1.07. The summed E-state index contributed by atoms with van der Waals surface area (Å²) >= 11 is 17.8. The highest BCUT2D eigenvalue weighted by Gasteiger charge is 2.20. The molecule has 0 amide bonds. The molecule has 21 heavy (non-hydrogen) atoms. The third kappa shape index (κ3) is 3.98. The smallest absolute Gasteiger partial charge is 0.321 e. The number of hydrogen-bond acceptors (Lipinski definition) is 4. The van der Waals surface area contributed by atoms with Gasteiger partial charge in [-0.2, -0.15) is 0 Å². The molecule has 1 aliphatic carbocycles. The molecule has 0 aliphatic heterocycles. The molecule has 0 spiro atoms. The zero-order valence-corrected chi connectivity index (χ0v) is 13.2. The summed E-state index contributed by atoms with van der Waals surface area (Å²) in [5, 5.41) is 4.48. The highest BCUT2D eigenvalue weighted by atomic mass is 35.5. The van der Waals surface area contributed by atoms with Gasteiger partial charge in [-0.15, -0.1) is 0 Å². The first-order chi connectivity index (χ1) is 10.1. The molecule has 0 saturated heterocycles. The zero-order chi connectivity index (χ0) is 14.8. The summed E-state index contributed by atoms with van der Waals surface area (Å²) < 4.78 is 5.52. The van der Waals surface area contributed by atoms with E-state index in [9.17, 15) is 0 Å². The third-order valence-electron chi connectivity index (χ3n) is 3.03. The molecule has 1 saturated carbocycles. The number of ether oxygens (including phenoxy) is 1. The summed E-state index contributed by atoms with van der Waals surface area (Å²) in [4.78, 5) is 8.31. The van der Waals surface area contributed by atoms with Gasteiger partial charge in [0, 0.05) is 36.6 Å². The summed E-state index contributed by atoms with van der Waals surface area (Å²) in [6.07, 6.45) is 5.95. The molecule has 1 heterocycles. The maximum absolute atomic E-state index is 6.04. The van der Waals surface area contributed by atoms with Crippen molar-refractivity contribution in [1.82, 2.24) is 15.3 Å². The SMILES string of the molecule is Clc1cc(Cl)c(Oc2ncc(CNC3CC3)cn2)cc1Cl. The van der Waals surface area contributed by atoms with Crippen molar-refractivity contribution < 1.29 is 4.74 Å². The molecule has 7 heteroatoms. The largest absolute Gasteiger partial charge is 0.423 e. The number of halogens is 3. The molecule has 2 aromatic rings. The van der Waals surface area contributed by atoms with Crippen molar-refractivity contribution in [2.45, 2.75) is 25.4 Å². The maximum Gasteiger partial charge on any atom is 0.321 e. The number of nitrogens with one attached hydrogen (secondary N) is 1. The van der Waals surface area contributed by atoms with E-state index in [1.54, 1.807) is 12.4 Å². The van der Waals surface area contributed by atoms with Crippen molar-refractivity contribution in [2.24, 2.45) is 0 Å². The summed E-state index contributed by atoms with van der Waals surface area (Å²) in [7, 11) is 0. The van der Waals surface area contributed by atoms with Gasteiger partial charge in [0.25, 0.3) is 0 Å². The van der Waals surface area contributed by atoms with Crippen molar-refractivity contribution in [3.05, 3.63) is 45.2 Å². The first-order valence-corrected chi connectivity index (χ1v) is 7.62. The van der Waals surface area contributed by atoms with Gasteiger partial charge in [-0.05, 0) is 18.9 Å². The Morgan fingerprint density at radius 1 is 1.05 bits per heavy atom. The second kappa shape index (κ2) is 6.36.